The van der Waals surface area contributed by atoms with Crippen molar-refractivity contribution in [2.75, 3.05) is 18.0 Å². The zero-order valence-electron chi connectivity index (χ0n) is 11.5. The summed E-state index contributed by atoms with van der Waals surface area (Å²) in [5, 5.41) is 0. The van der Waals surface area contributed by atoms with E-state index in [1.807, 2.05) is 61.5 Å². The van der Waals surface area contributed by atoms with Crippen LogP contribution in [0.5, 0.6) is 11.5 Å². The minimum atomic E-state index is -0.0933. The number of carbonyl (C=O) groups excluding carboxylic acids is 1. The Kier molecular flexibility index (Phi) is 4.74. The highest BCUT2D eigenvalue weighted by molar-refractivity contribution is 5.94. The summed E-state index contributed by atoms with van der Waals surface area (Å²) >= 11 is 0. The van der Waals surface area contributed by atoms with E-state index in [0.717, 1.165) is 17.2 Å². The second-order valence-corrected chi connectivity index (χ2v) is 4.25. The van der Waals surface area contributed by atoms with Gasteiger partial charge in [0.1, 0.15) is 11.5 Å². The van der Waals surface area contributed by atoms with Crippen molar-refractivity contribution in [1.29, 1.82) is 0 Å². The fourth-order valence-corrected chi connectivity index (χ4v) is 1.93. The number of carbonyl (C=O) groups is 1. The molecule has 0 bridgehead atoms. The third kappa shape index (κ3) is 3.36. The van der Waals surface area contributed by atoms with Gasteiger partial charge in [-0.3, -0.25) is 4.79 Å². The maximum absolute atomic E-state index is 11.7. The van der Waals surface area contributed by atoms with Crippen molar-refractivity contribution in [3.8, 4) is 11.5 Å². The molecule has 104 valence electrons. The SMILES string of the molecule is CCN(C(=O)CN)c1ccc(Oc2ccccc2)cc1. The van der Waals surface area contributed by atoms with E-state index in [1.54, 1.807) is 4.90 Å². The Bertz CT molecular complexity index is 552. The van der Waals surface area contributed by atoms with Gasteiger partial charge in [0.2, 0.25) is 5.91 Å². The van der Waals surface area contributed by atoms with E-state index in [9.17, 15) is 4.79 Å². The highest BCUT2D eigenvalue weighted by Crippen LogP contribution is 2.24. The zero-order valence-corrected chi connectivity index (χ0v) is 11.5. The number of amides is 1. The van der Waals surface area contributed by atoms with Gasteiger partial charge in [0.05, 0.1) is 6.54 Å². The predicted octanol–water partition coefficient (Wildman–Crippen LogP) is 2.79. The normalized spacial score (nSPS) is 10.1. The van der Waals surface area contributed by atoms with Gasteiger partial charge in [0.25, 0.3) is 0 Å². The molecule has 4 heteroatoms. The van der Waals surface area contributed by atoms with Crippen LogP contribution in [0.3, 0.4) is 0 Å². The molecule has 2 aromatic rings. The van der Waals surface area contributed by atoms with Crippen LogP contribution >= 0.6 is 0 Å². The fraction of sp³-hybridized carbons (Fsp3) is 0.188. The number of hydrogen-bond donors (Lipinski definition) is 1. The average molecular weight is 270 g/mol. The summed E-state index contributed by atoms with van der Waals surface area (Å²) in [5.74, 6) is 1.42. The monoisotopic (exact) mass is 270 g/mol. The number of likely N-dealkylation sites (N-methyl/N-ethyl adjacent to an activating group) is 1. The summed E-state index contributed by atoms with van der Waals surface area (Å²) in [6.07, 6.45) is 0. The Morgan fingerprint density at radius 1 is 1.05 bits per heavy atom. The van der Waals surface area contributed by atoms with Crippen molar-refractivity contribution < 1.29 is 9.53 Å². The molecule has 2 rings (SSSR count). The topological polar surface area (TPSA) is 55.6 Å². The molecule has 0 aliphatic rings. The van der Waals surface area contributed by atoms with Gasteiger partial charge < -0.3 is 15.4 Å². The highest BCUT2D eigenvalue weighted by Gasteiger charge is 2.11. The van der Waals surface area contributed by atoms with Crippen LogP contribution in [0.15, 0.2) is 54.6 Å². The lowest BCUT2D eigenvalue weighted by atomic mass is 10.2. The van der Waals surface area contributed by atoms with Gasteiger partial charge in [-0.1, -0.05) is 18.2 Å². The first-order valence-electron chi connectivity index (χ1n) is 6.58. The Hall–Kier alpha value is -2.33. The number of nitrogens with zero attached hydrogens (tertiary/aromatic N) is 1. The van der Waals surface area contributed by atoms with Gasteiger partial charge >= 0.3 is 0 Å². The molecular formula is C16H18N2O2. The molecule has 0 aliphatic carbocycles. The van der Waals surface area contributed by atoms with Crippen LogP contribution in [0.2, 0.25) is 0 Å². The number of benzene rings is 2. The Labute approximate surface area is 118 Å². The molecule has 20 heavy (non-hydrogen) atoms. The maximum Gasteiger partial charge on any atom is 0.240 e. The van der Waals surface area contributed by atoms with Crippen LogP contribution in [-0.2, 0) is 4.79 Å². The summed E-state index contributed by atoms with van der Waals surface area (Å²) in [7, 11) is 0. The first-order valence-corrected chi connectivity index (χ1v) is 6.58. The van der Waals surface area contributed by atoms with Gasteiger partial charge in [-0.2, -0.15) is 0 Å². The van der Waals surface area contributed by atoms with E-state index in [-0.39, 0.29) is 12.5 Å². The molecule has 0 spiro atoms. The molecule has 2 aromatic carbocycles. The number of hydrogen-bond acceptors (Lipinski definition) is 3. The zero-order chi connectivity index (χ0) is 14.4. The lowest BCUT2D eigenvalue weighted by molar-refractivity contribution is -0.117. The van der Waals surface area contributed by atoms with Crippen LogP contribution < -0.4 is 15.4 Å². The van der Waals surface area contributed by atoms with E-state index in [1.165, 1.54) is 0 Å². The van der Waals surface area contributed by atoms with Crippen molar-refractivity contribution in [1.82, 2.24) is 0 Å². The summed E-state index contributed by atoms with van der Waals surface area (Å²) < 4.78 is 5.71. The molecule has 0 heterocycles. The van der Waals surface area contributed by atoms with Crippen molar-refractivity contribution in [3.05, 3.63) is 54.6 Å². The highest BCUT2D eigenvalue weighted by atomic mass is 16.5. The van der Waals surface area contributed by atoms with E-state index in [2.05, 4.69) is 0 Å². The number of anilines is 1. The molecule has 0 radical (unpaired) electrons. The molecule has 0 saturated carbocycles. The van der Waals surface area contributed by atoms with Gasteiger partial charge in [-0.15, -0.1) is 0 Å². The summed E-state index contributed by atoms with van der Waals surface area (Å²) in [6, 6.07) is 17.0. The molecule has 0 aliphatic heterocycles. The quantitative estimate of drug-likeness (QED) is 0.909. The first-order chi connectivity index (χ1) is 9.74. The van der Waals surface area contributed by atoms with Crippen LogP contribution in [0, 0.1) is 0 Å². The van der Waals surface area contributed by atoms with E-state index in [0.29, 0.717) is 6.54 Å². The van der Waals surface area contributed by atoms with E-state index < -0.39 is 0 Å². The molecule has 0 saturated heterocycles. The Morgan fingerprint density at radius 3 is 2.20 bits per heavy atom. The van der Waals surface area contributed by atoms with Crippen molar-refractivity contribution in [2.24, 2.45) is 5.73 Å². The lowest BCUT2D eigenvalue weighted by Crippen LogP contribution is -2.35. The fourth-order valence-electron chi connectivity index (χ4n) is 1.93. The average Bonchev–Trinajstić information content (AvgIpc) is 2.50. The first kappa shape index (κ1) is 14.1. The molecule has 1 amide bonds. The Balaban J connectivity index is 2.11. The molecular weight excluding hydrogens is 252 g/mol. The smallest absolute Gasteiger partial charge is 0.240 e. The minimum absolute atomic E-state index is 0.0100. The third-order valence-corrected chi connectivity index (χ3v) is 2.92. The van der Waals surface area contributed by atoms with Crippen molar-refractivity contribution in [3.63, 3.8) is 0 Å². The second-order valence-electron chi connectivity index (χ2n) is 4.25. The summed E-state index contributed by atoms with van der Waals surface area (Å²) in [5.41, 5.74) is 6.22. The molecule has 4 nitrogen and oxygen atoms in total. The number of rotatable bonds is 5. The van der Waals surface area contributed by atoms with Gasteiger partial charge in [0, 0.05) is 12.2 Å². The molecule has 0 unspecified atom stereocenters. The van der Waals surface area contributed by atoms with Crippen molar-refractivity contribution >= 4 is 11.6 Å². The number of nitrogens with two attached hydrogens (primary N) is 1. The second kappa shape index (κ2) is 6.73. The predicted molar refractivity (Wildman–Crippen MR) is 80.0 cm³/mol. The summed E-state index contributed by atoms with van der Waals surface area (Å²) in [4.78, 5) is 13.3. The van der Waals surface area contributed by atoms with Crippen LogP contribution in [-0.4, -0.2) is 19.0 Å². The molecule has 2 N–H and O–H groups in total. The van der Waals surface area contributed by atoms with Crippen LogP contribution in [0.4, 0.5) is 5.69 Å². The largest absolute Gasteiger partial charge is 0.457 e. The number of ether oxygens (including phenoxy) is 1. The minimum Gasteiger partial charge on any atom is -0.457 e. The molecule has 0 fully saturated rings. The molecule has 0 aromatic heterocycles. The maximum atomic E-state index is 11.7. The van der Waals surface area contributed by atoms with Crippen LogP contribution in [0.1, 0.15) is 6.92 Å². The van der Waals surface area contributed by atoms with Gasteiger partial charge in [-0.25, -0.2) is 0 Å². The van der Waals surface area contributed by atoms with Gasteiger partial charge in [-0.05, 0) is 43.3 Å². The third-order valence-electron chi connectivity index (χ3n) is 2.92. The standard InChI is InChI=1S/C16H18N2O2/c1-2-18(16(19)12-17)13-8-10-15(11-9-13)20-14-6-4-3-5-7-14/h3-11H,2,12,17H2,1H3. The number of para-hydroxylation sites is 1. The Morgan fingerprint density at radius 2 is 1.65 bits per heavy atom. The van der Waals surface area contributed by atoms with Crippen molar-refractivity contribution in [2.45, 2.75) is 6.92 Å². The summed E-state index contributed by atoms with van der Waals surface area (Å²) in [6.45, 7) is 2.52. The van der Waals surface area contributed by atoms with E-state index in [4.69, 9.17) is 10.5 Å². The van der Waals surface area contributed by atoms with E-state index >= 15 is 0 Å². The van der Waals surface area contributed by atoms with Crippen LogP contribution in [0.25, 0.3) is 0 Å². The lowest BCUT2D eigenvalue weighted by Gasteiger charge is -2.20. The van der Waals surface area contributed by atoms with Gasteiger partial charge in [0.15, 0.2) is 0 Å². The molecule has 0 atom stereocenters.